The lowest BCUT2D eigenvalue weighted by molar-refractivity contribution is 0.116. The number of hydrogen-bond donors (Lipinski definition) is 2. The van der Waals surface area contributed by atoms with Gasteiger partial charge in [0, 0.05) is 29.7 Å². The van der Waals surface area contributed by atoms with Gasteiger partial charge in [-0.1, -0.05) is 0 Å². The van der Waals surface area contributed by atoms with Crippen LogP contribution in [0.3, 0.4) is 0 Å². The average Bonchev–Trinajstić information content (AvgIpc) is 3.16. The van der Waals surface area contributed by atoms with Gasteiger partial charge in [0.05, 0.1) is 19.3 Å². The summed E-state index contributed by atoms with van der Waals surface area (Å²) < 4.78 is 11.5. The van der Waals surface area contributed by atoms with Gasteiger partial charge in [-0.2, -0.15) is 0 Å². The SMILES string of the molecule is Cc1cc2c(c(O)c1-c1cc3c(nn1)N([C@@H]1CCC[C@H](O)C1)CCO3)CCO2. The molecule has 0 radical (unpaired) electrons. The van der Waals surface area contributed by atoms with Crippen molar-refractivity contribution in [3.63, 3.8) is 0 Å². The zero-order chi connectivity index (χ0) is 19.3. The van der Waals surface area contributed by atoms with Crippen LogP contribution < -0.4 is 14.4 Å². The van der Waals surface area contributed by atoms with Crippen molar-refractivity contribution in [3.05, 3.63) is 23.3 Å². The van der Waals surface area contributed by atoms with E-state index in [1.165, 1.54) is 0 Å². The molecular formula is C21H25N3O4. The zero-order valence-electron chi connectivity index (χ0n) is 16.0. The highest BCUT2D eigenvalue weighted by Gasteiger charge is 2.32. The van der Waals surface area contributed by atoms with Gasteiger partial charge in [0.15, 0.2) is 11.6 Å². The number of phenols is 1. The first-order valence-corrected chi connectivity index (χ1v) is 10.1. The Balaban J connectivity index is 1.52. The molecule has 0 bridgehead atoms. The Morgan fingerprint density at radius 1 is 1.11 bits per heavy atom. The standard InChI is InChI=1S/C21H25N3O4/c1-12-9-17-15(5-7-27-17)20(26)19(12)16-11-18-21(23-22-16)24(6-8-28-18)13-3-2-4-14(25)10-13/h9,11,13-14,25-26H,2-8,10H2,1H3/t13-,14+/m1/s1. The molecule has 0 amide bonds. The molecule has 2 aromatic rings. The maximum absolute atomic E-state index is 10.8. The smallest absolute Gasteiger partial charge is 0.194 e. The first-order chi connectivity index (χ1) is 13.6. The number of fused-ring (bicyclic) bond motifs is 2. The molecule has 5 rings (SSSR count). The number of benzene rings is 1. The van der Waals surface area contributed by atoms with Gasteiger partial charge in [-0.15, -0.1) is 10.2 Å². The van der Waals surface area contributed by atoms with Crippen LogP contribution in [0.15, 0.2) is 12.1 Å². The third kappa shape index (κ3) is 2.85. The summed E-state index contributed by atoms with van der Waals surface area (Å²) in [6.07, 6.45) is 4.15. The van der Waals surface area contributed by atoms with Crippen molar-refractivity contribution in [2.75, 3.05) is 24.7 Å². The van der Waals surface area contributed by atoms with E-state index in [1.807, 2.05) is 19.1 Å². The molecule has 28 heavy (non-hydrogen) atoms. The summed E-state index contributed by atoms with van der Waals surface area (Å²) in [7, 11) is 0. The predicted octanol–water partition coefficient (Wildman–Crippen LogP) is 2.59. The minimum Gasteiger partial charge on any atom is -0.507 e. The molecule has 2 N–H and O–H groups in total. The maximum Gasteiger partial charge on any atom is 0.194 e. The summed E-state index contributed by atoms with van der Waals surface area (Å²) in [4.78, 5) is 2.22. The van der Waals surface area contributed by atoms with Gasteiger partial charge in [-0.25, -0.2) is 0 Å². The van der Waals surface area contributed by atoms with Gasteiger partial charge < -0.3 is 24.6 Å². The van der Waals surface area contributed by atoms with Gasteiger partial charge in [0.25, 0.3) is 0 Å². The molecule has 7 heteroatoms. The molecule has 1 fully saturated rings. The van der Waals surface area contributed by atoms with Crippen LogP contribution >= 0.6 is 0 Å². The lowest BCUT2D eigenvalue weighted by Crippen LogP contribution is -2.45. The molecular weight excluding hydrogens is 358 g/mol. The second-order valence-electron chi connectivity index (χ2n) is 7.93. The fourth-order valence-corrected chi connectivity index (χ4v) is 4.70. The molecule has 148 valence electrons. The summed E-state index contributed by atoms with van der Waals surface area (Å²) in [5.41, 5.74) is 3.02. The van der Waals surface area contributed by atoms with E-state index in [0.29, 0.717) is 36.6 Å². The van der Waals surface area contributed by atoms with Crippen LogP contribution in [0.2, 0.25) is 0 Å². The van der Waals surface area contributed by atoms with Crippen molar-refractivity contribution in [2.45, 2.75) is 51.2 Å². The zero-order valence-corrected chi connectivity index (χ0v) is 16.0. The van der Waals surface area contributed by atoms with Crippen molar-refractivity contribution in [2.24, 2.45) is 0 Å². The number of anilines is 1. The van der Waals surface area contributed by atoms with E-state index in [-0.39, 0.29) is 17.9 Å². The topological polar surface area (TPSA) is 87.9 Å². The molecule has 1 aliphatic carbocycles. The number of aromatic hydroxyl groups is 1. The minimum atomic E-state index is -0.245. The molecule has 0 saturated heterocycles. The maximum atomic E-state index is 10.8. The van der Waals surface area contributed by atoms with E-state index in [4.69, 9.17) is 9.47 Å². The van der Waals surface area contributed by atoms with Crippen molar-refractivity contribution < 1.29 is 19.7 Å². The molecule has 3 aliphatic rings. The van der Waals surface area contributed by atoms with E-state index in [9.17, 15) is 10.2 Å². The number of ether oxygens (including phenoxy) is 2. The molecule has 1 saturated carbocycles. The highest BCUT2D eigenvalue weighted by molar-refractivity contribution is 5.76. The van der Waals surface area contributed by atoms with Crippen LogP contribution in [-0.2, 0) is 6.42 Å². The van der Waals surface area contributed by atoms with E-state index < -0.39 is 0 Å². The van der Waals surface area contributed by atoms with E-state index in [1.54, 1.807) is 0 Å². The molecule has 1 aromatic carbocycles. The Kier molecular flexibility index (Phi) is 4.27. The summed E-state index contributed by atoms with van der Waals surface area (Å²) in [5, 5.41) is 29.8. The summed E-state index contributed by atoms with van der Waals surface area (Å²) >= 11 is 0. The van der Waals surface area contributed by atoms with Gasteiger partial charge in [0.2, 0.25) is 0 Å². The van der Waals surface area contributed by atoms with Crippen molar-refractivity contribution >= 4 is 5.82 Å². The second kappa shape index (κ2) is 6.81. The number of aliphatic hydroxyl groups excluding tert-OH is 1. The van der Waals surface area contributed by atoms with Crippen LogP contribution in [0, 0.1) is 6.92 Å². The normalized spacial score (nSPS) is 23.6. The number of rotatable bonds is 2. The number of aromatic nitrogens is 2. The van der Waals surface area contributed by atoms with E-state index in [2.05, 4.69) is 15.1 Å². The van der Waals surface area contributed by atoms with Gasteiger partial charge in [0.1, 0.15) is 23.8 Å². The third-order valence-electron chi connectivity index (χ3n) is 6.09. The fourth-order valence-electron chi connectivity index (χ4n) is 4.70. The lowest BCUT2D eigenvalue weighted by Gasteiger charge is -2.39. The highest BCUT2D eigenvalue weighted by atomic mass is 16.5. The number of hydrogen-bond acceptors (Lipinski definition) is 7. The third-order valence-corrected chi connectivity index (χ3v) is 6.09. The Morgan fingerprint density at radius 2 is 1.96 bits per heavy atom. The first kappa shape index (κ1) is 17.6. The molecule has 1 aromatic heterocycles. The van der Waals surface area contributed by atoms with Gasteiger partial charge in [-0.05, 0) is 44.2 Å². The van der Waals surface area contributed by atoms with Gasteiger partial charge in [-0.3, -0.25) is 0 Å². The quantitative estimate of drug-likeness (QED) is 0.824. The number of aliphatic hydroxyl groups is 1. The number of phenolic OH excluding ortho intramolecular Hbond substituents is 1. The predicted molar refractivity (Wildman–Crippen MR) is 104 cm³/mol. The lowest BCUT2D eigenvalue weighted by atomic mass is 9.91. The van der Waals surface area contributed by atoms with E-state index in [0.717, 1.165) is 54.9 Å². The highest BCUT2D eigenvalue weighted by Crippen LogP contribution is 2.44. The monoisotopic (exact) mass is 383 g/mol. The molecule has 0 spiro atoms. The van der Waals surface area contributed by atoms with Crippen LogP contribution in [0.4, 0.5) is 5.82 Å². The van der Waals surface area contributed by atoms with E-state index >= 15 is 0 Å². The Labute approximate surface area is 163 Å². The molecule has 7 nitrogen and oxygen atoms in total. The van der Waals surface area contributed by atoms with Crippen molar-refractivity contribution in [3.8, 4) is 28.5 Å². The molecule has 2 atom stereocenters. The number of aryl methyl sites for hydroxylation is 1. The largest absolute Gasteiger partial charge is 0.507 e. The van der Waals surface area contributed by atoms with Crippen LogP contribution in [0.5, 0.6) is 17.2 Å². The number of nitrogens with zero attached hydrogens (tertiary/aromatic N) is 3. The van der Waals surface area contributed by atoms with Gasteiger partial charge >= 0.3 is 0 Å². The molecule has 0 unspecified atom stereocenters. The minimum absolute atomic E-state index is 0.227. The van der Waals surface area contributed by atoms with Crippen LogP contribution in [-0.4, -0.2) is 52.3 Å². The Bertz CT molecular complexity index is 917. The second-order valence-corrected chi connectivity index (χ2v) is 7.93. The van der Waals surface area contributed by atoms with Crippen molar-refractivity contribution in [1.29, 1.82) is 0 Å². The van der Waals surface area contributed by atoms with Crippen LogP contribution in [0.25, 0.3) is 11.3 Å². The summed E-state index contributed by atoms with van der Waals surface area (Å²) in [6.45, 7) is 3.86. The Hall–Kier alpha value is -2.54. The van der Waals surface area contributed by atoms with Crippen molar-refractivity contribution in [1.82, 2.24) is 10.2 Å². The summed E-state index contributed by atoms with van der Waals surface area (Å²) in [6, 6.07) is 4.09. The molecule has 3 heterocycles. The molecule has 2 aliphatic heterocycles. The average molecular weight is 383 g/mol. The summed E-state index contributed by atoms with van der Waals surface area (Å²) in [5.74, 6) is 2.40. The first-order valence-electron chi connectivity index (χ1n) is 10.1. The Morgan fingerprint density at radius 3 is 2.82 bits per heavy atom. The fraction of sp³-hybridized carbons (Fsp3) is 0.524. The van der Waals surface area contributed by atoms with Crippen LogP contribution in [0.1, 0.15) is 36.8 Å².